The van der Waals surface area contributed by atoms with Crippen LogP contribution in [0.4, 0.5) is 11.4 Å². The zero-order chi connectivity index (χ0) is 16.7. The lowest BCUT2D eigenvalue weighted by Crippen LogP contribution is -2.45. The highest BCUT2D eigenvalue weighted by atomic mass is 16.6. The van der Waals surface area contributed by atoms with E-state index in [-0.39, 0.29) is 16.2 Å². The van der Waals surface area contributed by atoms with Gasteiger partial charge in [-0.1, -0.05) is 0 Å². The predicted octanol–water partition coefficient (Wildman–Crippen LogP) is 1.83. The van der Waals surface area contributed by atoms with Crippen molar-refractivity contribution in [2.45, 2.75) is 24.9 Å². The molecule has 3 aliphatic heterocycles. The van der Waals surface area contributed by atoms with E-state index in [9.17, 15) is 10.1 Å². The number of hydrogen-bond acceptors (Lipinski definition) is 6. The van der Waals surface area contributed by atoms with E-state index < -0.39 is 0 Å². The number of likely N-dealkylation sites (tertiary alicyclic amines) is 1. The molecule has 1 spiro atoms. The first kappa shape index (κ1) is 15.7. The average Bonchev–Trinajstić information content (AvgIpc) is 2.94. The number of nitro benzene ring substituents is 1. The molecule has 7 nitrogen and oxygen atoms in total. The van der Waals surface area contributed by atoms with Crippen LogP contribution in [-0.4, -0.2) is 61.9 Å². The summed E-state index contributed by atoms with van der Waals surface area (Å²) in [5, 5.41) is 11.6. The van der Waals surface area contributed by atoms with E-state index in [0.29, 0.717) is 32.0 Å². The monoisotopic (exact) mass is 333 g/mol. The van der Waals surface area contributed by atoms with E-state index in [2.05, 4.69) is 11.9 Å². The van der Waals surface area contributed by atoms with Crippen LogP contribution in [-0.2, 0) is 11.2 Å². The standard InChI is InChI=1S/C17H23N3O4/c1-18-4-2-17(3-5-18)12-13-10-15(20(21)22)14(11-16(13)24-17)19-6-8-23-9-7-19/h10-11H,2-9,12H2,1H3. The molecule has 7 heteroatoms. The molecule has 2 fully saturated rings. The maximum atomic E-state index is 11.6. The van der Waals surface area contributed by atoms with Gasteiger partial charge in [-0.3, -0.25) is 10.1 Å². The summed E-state index contributed by atoms with van der Waals surface area (Å²) in [6, 6.07) is 3.61. The second-order valence-corrected chi connectivity index (χ2v) is 7.07. The van der Waals surface area contributed by atoms with Gasteiger partial charge in [0.05, 0.1) is 18.1 Å². The van der Waals surface area contributed by atoms with Crippen LogP contribution in [0, 0.1) is 10.1 Å². The molecule has 3 aliphatic rings. The van der Waals surface area contributed by atoms with Crippen LogP contribution in [0.15, 0.2) is 12.1 Å². The fourth-order valence-corrected chi connectivity index (χ4v) is 3.96. The Morgan fingerprint density at radius 2 is 1.88 bits per heavy atom. The van der Waals surface area contributed by atoms with Crippen molar-refractivity contribution in [2.75, 3.05) is 51.3 Å². The van der Waals surface area contributed by atoms with E-state index in [1.165, 1.54) is 0 Å². The third-order valence-corrected chi connectivity index (χ3v) is 5.44. The minimum Gasteiger partial charge on any atom is -0.486 e. The second kappa shape index (κ2) is 5.89. The molecule has 0 radical (unpaired) electrons. The van der Waals surface area contributed by atoms with Crippen LogP contribution in [0.1, 0.15) is 18.4 Å². The Bertz CT molecular complexity index is 649. The Balaban J connectivity index is 1.66. The lowest BCUT2D eigenvalue weighted by atomic mass is 9.87. The molecule has 1 aromatic rings. The van der Waals surface area contributed by atoms with Crippen molar-refractivity contribution in [1.29, 1.82) is 0 Å². The van der Waals surface area contributed by atoms with Crippen LogP contribution in [0.2, 0.25) is 0 Å². The normalized spacial score (nSPS) is 23.1. The summed E-state index contributed by atoms with van der Waals surface area (Å²) in [4.78, 5) is 15.6. The van der Waals surface area contributed by atoms with Gasteiger partial charge in [-0.05, 0) is 7.05 Å². The molecule has 0 amide bonds. The molecular formula is C17H23N3O4. The molecule has 3 heterocycles. The molecule has 0 unspecified atom stereocenters. The van der Waals surface area contributed by atoms with Crippen molar-refractivity contribution >= 4 is 11.4 Å². The summed E-state index contributed by atoms with van der Waals surface area (Å²) in [6.07, 6.45) is 2.72. The van der Waals surface area contributed by atoms with E-state index in [4.69, 9.17) is 9.47 Å². The van der Waals surface area contributed by atoms with Crippen LogP contribution >= 0.6 is 0 Å². The molecule has 0 atom stereocenters. The number of hydrogen-bond donors (Lipinski definition) is 0. The molecule has 0 aliphatic carbocycles. The van der Waals surface area contributed by atoms with Gasteiger partial charge in [0.15, 0.2) is 0 Å². The Labute approximate surface area is 141 Å². The van der Waals surface area contributed by atoms with Crippen molar-refractivity contribution in [3.8, 4) is 5.75 Å². The van der Waals surface area contributed by atoms with Crippen molar-refractivity contribution < 1.29 is 14.4 Å². The van der Waals surface area contributed by atoms with Gasteiger partial charge in [-0.25, -0.2) is 0 Å². The Hall–Kier alpha value is -1.86. The maximum absolute atomic E-state index is 11.6. The highest BCUT2D eigenvalue weighted by Gasteiger charge is 2.42. The molecular weight excluding hydrogens is 310 g/mol. The van der Waals surface area contributed by atoms with Crippen LogP contribution in [0.25, 0.3) is 0 Å². The molecule has 0 N–H and O–H groups in total. The van der Waals surface area contributed by atoms with Gasteiger partial charge < -0.3 is 19.3 Å². The van der Waals surface area contributed by atoms with E-state index in [1.807, 2.05) is 11.0 Å². The topological polar surface area (TPSA) is 68.1 Å². The lowest BCUT2D eigenvalue weighted by molar-refractivity contribution is -0.384. The Kier molecular flexibility index (Phi) is 3.85. The van der Waals surface area contributed by atoms with Crippen molar-refractivity contribution in [2.24, 2.45) is 0 Å². The third kappa shape index (κ3) is 2.71. The summed E-state index contributed by atoms with van der Waals surface area (Å²) < 4.78 is 11.7. The molecule has 1 aromatic carbocycles. The maximum Gasteiger partial charge on any atom is 0.293 e. The molecule has 4 rings (SSSR count). The number of benzene rings is 1. The molecule has 0 bridgehead atoms. The number of morpholine rings is 1. The highest BCUT2D eigenvalue weighted by Crippen LogP contribution is 2.45. The molecule has 0 saturated carbocycles. The third-order valence-electron chi connectivity index (χ3n) is 5.44. The summed E-state index contributed by atoms with van der Waals surface area (Å²) in [5.41, 5.74) is 1.64. The zero-order valence-electron chi connectivity index (χ0n) is 14.0. The van der Waals surface area contributed by atoms with Crippen LogP contribution < -0.4 is 9.64 Å². The van der Waals surface area contributed by atoms with Gasteiger partial charge in [0.25, 0.3) is 5.69 Å². The molecule has 0 aromatic heterocycles. The average molecular weight is 333 g/mol. The van der Waals surface area contributed by atoms with E-state index >= 15 is 0 Å². The van der Waals surface area contributed by atoms with Gasteiger partial charge in [0.1, 0.15) is 17.0 Å². The van der Waals surface area contributed by atoms with Crippen molar-refractivity contribution in [3.05, 3.63) is 27.8 Å². The largest absolute Gasteiger partial charge is 0.486 e. The molecule has 24 heavy (non-hydrogen) atoms. The lowest BCUT2D eigenvalue weighted by Gasteiger charge is -2.37. The first-order valence-electron chi connectivity index (χ1n) is 8.58. The second-order valence-electron chi connectivity index (χ2n) is 7.07. The smallest absolute Gasteiger partial charge is 0.293 e. The molecule has 130 valence electrons. The highest BCUT2D eigenvalue weighted by molar-refractivity contribution is 5.69. The summed E-state index contributed by atoms with van der Waals surface area (Å²) >= 11 is 0. The zero-order valence-corrected chi connectivity index (χ0v) is 14.0. The fraction of sp³-hybridized carbons (Fsp3) is 0.647. The Morgan fingerprint density at radius 3 is 2.54 bits per heavy atom. The number of fused-ring (bicyclic) bond motifs is 1. The van der Waals surface area contributed by atoms with Gasteiger partial charge in [-0.2, -0.15) is 0 Å². The van der Waals surface area contributed by atoms with Crippen molar-refractivity contribution in [1.82, 2.24) is 4.90 Å². The summed E-state index contributed by atoms with van der Waals surface area (Å²) in [5.74, 6) is 0.826. The van der Waals surface area contributed by atoms with Crippen molar-refractivity contribution in [3.63, 3.8) is 0 Å². The van der Waals surface area contributed by atoms with E-state index in [0.717, 1.165) is 43.7 Å². The number of rotatable bonds is 2. The number of ether oxygens (including phenoxy) is 2. The van der Waals surface area contributed by atoms with Crippen LogP contribution in [0.3, 0.4) is 0 Å². The Morgan fingerprint density at radius 1 is 1.17 bits per heavy atom. The van der Waals surface area contributed by atoms with Gasteiger partial charge >= 0.3 is 0 Å². The number of nitro groups is 1. The number of anilines is 1. The van der Waals surface area contributed by atoms with E-state index in [1.54, 1.807) is 6.07 Å². The number of piperidine rings is 1. The van der Waals surface area contributed by atoms with Gasteiger partial charge in [0.2, 0.25) is 0 Å². The van der Waals surface area contributed by atoms with Gasteiger partial charge in [-0.15, -0.1) is 0 Å². The van der Waals surface area contributed by atoms with Crippen LogP contribution in [0.5, 0.6) is 5.75 Å². The minimum atomic E-state index is -0.273. The summed E-state index contributed by atoms with van der Waals surface area (Å²) in [6.45, 7) is 4.57. The predicted molar refractivity (Wildman–Crippen MR) is 89.9 cm³/mol. The number of nitrogens with zero attached hydrogens (tertiary/aromatic N) is 3. The fourth-order valence-electron chi connectivity index (χ4n) is 3.96. The summed E-state index contributed by atoms with van der Waals surface area (Å²) in [7, 11) is 2.12. The first-order chi connectivity index (χ1) is 11.6. The SMILES string of the molecule is CN1CCC2(CC1)Cc1cc([N+](=O)[O-])c(N3CCOCC3)cc1O2. The first-order valence-corrected chi connectivity index (χ1v) is 8.58. The molecule has 2 saturated heterocycles. The quantitative estimate of drug-likeness (QED) is 0.608. The minimum absolute atomic E-state index is 0.174. The van der Waals surface area contributed by atoms with Gasteiger partial charge in [0, 0.05) is 63.1 Å².